The first kappa shape index (κ1) is 26.0. The summed E-state index contributed by atoms with van der Waals surface area (Å²) in [4.78, 5) is 71.8. The van der Waals surface area contributed by atoms with E-state index in [0.29, 0.717) is 17.1 Å². The number of hydrogen-bond acceptors (Lipinski definition) is 13. The highest BCUT2D eigenvalue weighted by Crippen LogP contribution is 2.50. The van der Waals surface area contributed by atoms with E-state index in [-0.39, 0.29) is 18.1 Å². The number of carboxylic acid groups (broad SMARTS) is 1. The third kappa shape index (κ3) is 3.97. The van der Waals surface area contributed by atoms with Crippen molar-refractivity contribution in [3.8, 4) is 0 Å². The zero-order valence-corrected chi connectivity index (χ0v) is 20.6. The van der Waals surface area contributed by atoms with E-state index in [1.807, 2.05) is 0 Å². The smallest absolute Gasteiger partial charge is 0.341 e. The quantitative estimate of drug-likeness (QED) is 0.175. The second-order valence-corrected chi connectivity index (χ2v) is 9.87. The van der Waals surface area contributed by atoms with Crippen LogP contribution in [0.5, 0.6) is 0 Å². The summed E-state index contributed by atoms with van der Waals surface area (Å²) < 4.78 is 1.93. The van der Waals surface area contributed by atoms with Crippen LogP contribution in [-0.2, 0) is 21.4 Å². The third-order valence-electron chi connectivity index (χ3n) is 6.13. The Labute approximate surface area is 214 Å². The highest BCUT2D eigenvalue weighted by Gasteiger charge is 2.62. The summed E-state index contributed by atoms with van der Waals surface area (Å²) in [5, 5.41) is 42.7. The molecule has 0 saturated carbocycles. The lowest BCUT2D eigenvalue weighted by Gasteiger charge is -2.56. The Bertz CT molecular complexity index is 1370. The number of aromatic nitrogens is 5. The molecule has 196 valence electrons. The van der Waals surface area contributed by atoms with E-state index in [0.717, 1.165) is 23.7 Å². The molecule has 2 aliphatic rings. The maximum atomic E-state index is 13.2. The van der Waals surface area contributed by atoms with Crippen LogP contribution in [0.25, 0.3) is 0 Å². The highest BCUT2D eigenvalue weighted by molar-refractivity contribution is 8.00. The lowest BCUT2D eigenvalue weighted by Crippen LogP contribution is -2.76. The van der Waals surface area contributed by atoms with Crippen molar-refractivity contribution in [3.05, 3.63) is 48.7 Å². The molecule has 2 aliphatic heterocycles. The number of rotatable bonds is 7. The molecule has 2 fully saturated rings. The molecule has 4 atom stereocenters. The van der Waals surface area contributed by atoms with E-state index in [2.05, 4.69) is 28.2 Å². The fourth-order valence-electron chi connectivity index (χ4n) is 4.21. The van der Waals surface area contributed by atoms with Gasteiger partial charge in [-0.25, -0.2) is 9.69 Å². The Hall–Kier alpha value is -4.07. The summed E-state index contributed by atoms with van der Waals surface area (Å²) in [6.45, 7) is 0.720. The van der Waals surface area contributed by atoms with E-state index in [4.69, 9.17) is 0 Å². The van der Waals surface area contributed by atoms with E-state index in [9.17, 15) is 44.5 Å². The molecule has 1 N–H and O–H groups in total. The highest BCUT2D eigenvalue weighted by atomic mass is 32.2. The molecule has 0 spiro atoms. The molecular formula is C17H17N9O9S2. The van der Waals surface area contributed by atoms with Crippen molar-refractivity contribution < 1.29 is 29.3 Å². The fraction of sp³-hybridized carbons (Fsp3) is 0.471. The van der Waals surface area contributed by atoms with Gasteiger partial charge in [0.2, 0.25) is 5.91 Å². The van der Waals surface area contributed by atoms with Crippen LogP contribution in [-0.4, -0.2) is 86.2 Å². The third-order valence-corrected chi connectivity index (χ3v) is 8.39. The number of thioether (sulfide) groups is 1. The van der Waals surface area contributed by atoms with Gasteiger partial charge in [0, 0.05) is 26.3 Å². The Kier molecular flexibility index (Phi) is 6.40. The van der Waals surface area contributed by atoms with Gasteiger partial charge in [0.05, 0.1) is 15.1 Å². The number of nitro groups is 2. The van der Waals surface area contributed by atoms with Gasteiger partial charge in [-0.3, -0.25) is 44.1 Å². The van der Waals surface area contributed by atoms with Crippen molar-refractivity contribution in [2.45, 2.75) is 23.6 Å². The van der Waals surface area contributed by atoms with Gasteiger partial charge in [-0.1, -0.05) is 0 Å². The van der Waals surface area contributed by atoms with E-state index >= 15 is 0 Å². The molecular weight excluding hydrogens is 538 g/mol. The summed E-state index contributed by atoms with van der Waals surface area (Å²) in [6, 6.07) is -1.29. The molecule has 2 amide bonds. The lowest BCUT2D eigenvalue weighted by atomic mass is 9.83. The summed E-state index contributed by atoms with van der Waals surface area (Å²) >= 11 is 5.47. The van der Waals surface area contributed by atoms with Crippen LogP contribution in [0.15, 0.2) is 17.2 Å². The van der Waals surface area contributed by atoms with Crippen LogP contribution in [0, 0.1) is 25.6 Å². The number of aryl methyl sites for hydroxylation is 1. The van der Waals surface area contributed by atoms with Gasteiger partial charge in [0.25, 0.3) is 5.91 Å². The number of tetrazole rings is 1. The minimum atomic E-state index is -1.61. The number of hydrogen-bond donors (Lipinski definition) is 2. The molecule has 2 aromatic rings. The average molecular weight is 556 g/mol. The van der Waals surface area contributed by atoms with Crippen molar-refractivity contribution >= 4 is 53.5 Å². The number of thiol groups is 1. The second kappa shape index (κ2) is 9.10. The minimum Gasteiger partial charge on any atom is -0.481 e. The second-order valence-electron chi connectivity index (χ2n) is 8.25. The monoisotopic (exact) mass is 555 g/mol. The van der Waals surface area contributed by atoms with Gasteiger partial charge < -0.3 is 10.0 Å². The summed E-state index contributed by atoms with van der Waals surface area (Å²) in [5.41, 5.74) is -5.41. The predicted molar refractivity (Wildman–Crippen MR) is 125 cm³/mol. The minimum absolute atomic E-state index is 0.0789. The zero-order valence-electron chi connectivity index (χ0n) is 18.9. The van der Waals surface area contributed by atoms with E-state index < -0.39 is 66.5 Å². The van der Waals surface area contributed by atoms with Gasteiger partial charge in [-0.05, 0) is 10.4 Å². The largest absolute Gasteiger partial charge is 0.481 e. The number of aliphatic carboxylic acids is 1. The zero-order chi connectivity index (χ0) is 27.4. The molecule has 37 heavy (non-hydrogen) atoms. The van der Waals surface area contributed by atoms with Gasteiger partial charge in [-0.15, -0.1) is 16.9 Å². The van der Waals surface area contributed by atoms with Gasteiger partial charge in [0.15, 0.2) is 11.9 Å². The van der Waals surface area contributed by atoms with Crippen LogP contribution in [0.2, 0.25) is 0 Å². The van der Waals surface area contributed by atoms with Crippen LogP contribution in [0.1, 0.15) is 18.0 Å². The molecule has 0 radical (unpaired) electrons. The maximum absolute atomic E-state index is 13.2. The predicted octanol–water partition coefficient (Wildman–Crippen LogP) is -1.30. The molecule has 20 heteroatoms. The number of carboxylic acids is 1. The molecule has 3 unspecified atom stereocenters. The Morgan fingerprint density at radius 1 is 1.27 bits per heavy atom. The number of pyridine rings is 1. The normalized spacial score (nSPS) is 23.5. The average Bonchev–Trinajstić information content (AvgIpc) is 3.26. The maximum Gasteiger partial charge on any atom is 0.341 e. The van der Waals surface area contributed by atoms with Crippen molar-refractivity contribution in [2.24, 2.45) is 12.5 Å². The van der Waals surface area contributed by atoms with Crippen LogP contribution in [0.3, 0.4) is 0 Å². The molecule has 0 aliphatic carbocycles. The summed E-state index contributed by atoms with van der Waals surface area (Å²) in [7, 11) is 1.51. The number of amides is 2. The van der Waals surface area contributed by atoms with Crippen molar-refractivity contribution in [1.29, 1.82) is 0 Å². The summed E-state index contributed by atoms with van der Waals surface area (Å²) in [6.07, 6.45) is 1.24. The van der Waals surface area contributed by atoms with Crippen molar-refractivity contribution in [3.63, 3.8) is 0 Å². The van der Waals surface area contributed by atoms with Gasteiger partial charge in [0.1, 0.15) is 23.2 Å². The fourth-order valence-corrected chi connectivity index (χ4v) is 6.46. The Morgan fingerprint density at radius 3 is 2.32 bits per heavy atom. The number of β-lactam (4-membered cyclic amide) rings is 1. The van der Waals surface area contributed by atoms with Crippen molar-refractivity contribution in [2.75, 3.05) is 17.3 Å². The number of carbonyl (C=O) groups is 3. The first-order valence-corrected chi connectivity index (χ1v) is 11.8. The first-order valence-electron chi connectivity index (χ1n) is 10.2. The molecule has 0 bridgehead atoms. The van der Waals surface area contributed by atoms with E-state index in [1.54, 1.807) is 0 Å². The van der Waals surface area contributed by atoms with Gasteiger partial charge >= 0.3 is 22.8 Å². The lowest BCUT2D eigenvalue weighted by molar-refractivity contribution is -0.397. The number of carbonyl (C=O) groups excluding carboxylic acids is 2. The number of fused-ring (bicyclic) bond motifs is 1. The van der Waals surface area contributed by atoms with Crippen LogP contribution in [0.4, 0.5) is 11.4 Å². The Morgan fingerprint density at radius 2 is 1.86 bits per heavy atom. The molecule has 18 nitrogen and oxygen atoms in total. The van der Waals surface area contributed by atoms with Crippen molar-refractivity contribution in [1.82, 2.24) is 29.8 Å². The molecule has 4 rings (SSSR count). The SMILES string of the molecule is CC(=O)N(C1C(=O)N2CC(C(=O)O)(C(S)c3nnnn3C)CS[C@H]12)n1cc([N+](=O)[O-])c(=O)c([N+](=O)[O-])c1. The standard InChI is InChI=1S/C17H17N9O9S2/c1-7(27)24(22-3-8(25(32)33)11(28)9(4-22)26(34)35)10-14(29)23-5-17(16(30)31,6-37-15(10)23)12(36)13-18-19-20-21(13)2/h3-4,10,12,15,36H,5-6H2,1-2H3,(H,30,31)/t10?,12?,15-,17?/m1/s1. The molecule has 4 heterocycles. The topological polar surface area (TPSA) is 230 Å². The van der Waals surface area contributed by atoms with Crippen LogP contribution < -0.4 is 10.4 Å². The summed E-state index contributed by atoms with van der Waals surface area (Å²) in [5.74, 6) is -2.69. The Balaban J connectivity index is 1.70. The van der Waals surface area contributed by atoms with Gasteiger partial charge in [-0.2, -0.15) is 12.6 Å². The number of nitrogens with zero attached hydrogens (tertiary/aromatic N) is 9. The molecule has 0 aromatic carbocycles. The van der Waals surface area contributed by atoms with E-state index in [1.165, 1.54) is 16.6 Å². The van der Waals surface area contributed by atoms with Crippen LogP contribution >= 0.6 is 24.4 Å². The molecule has 2 aromatic heterocycles. The first-order chi connectivity index (χ1) is 17.3. The molecule has 2 saturated heterocycles.